The van der Waals surface area contributed by atoms with E-state index in [0.717, 1.165) is 68.6 Å². The Labute approximate surface area is 136 Å². The Balaban J connectivity index is 1.52. The quantitative estimate of drug-likeness (QED) is 0.746. The lowest BCUT2D eigenvalue weighted by atomic mass is 9.91. The molecule has 2 aliphatic rings. The normalized spacial score (nSPS) is 20.8. The van der Waals surface area contributed by atoms with Crippen molar-refractivity contribution < 1.29 is 4.79 Å². The maximum absolute atomic E-state index is 12.2. The fourth-order valence-corrected chi connectivity index (χ4v) is 3.67. The van der Waals surface area contributed by atoms with Gasteiger partial charge in [-0.1, -0.05) is 0 Å². The van der Waals surface area contributed by atoms with E-state index < -0.39 is 0 Å². The number of hydrogen-bond donors (Lipinski definition) is 3. The molecule has 0 saturated carbocycles. The Morgan fingerprint density at radius 2 is 2.04 bits per heavy atom. The monoisotopic (exact) mass is 318 g/mol. The zero-order chi connectivity index (χ0) is 16.1. The molecule has 0 spiro atoms. The summed E-state index contributed by atoms with van der Waals surface area (Å²) in [5, 5.41) is 13.1. The number of carbonyl (C=O) groups is 1. The number of piperidine rings is 1. The van der Waals surface area contributed by atoms with Crippen molar-refractivity contribution in [2.75, 3.05) is 19.6 Å². The van der Waals surface area contributed by atoms with Crippen molar-refractivity contribution in [2.45, 2.75) is 51.4 Å². The molecule has 1 saturated heterocycles. The Hall–Kier alpha value is -1.69. The van der Waals surface area contributed by atoms with Gasteiger partial charge in [0.2, 0.25) is 5.91 Å². The molecule has 3 N–H and O–H groups in total. The van der Waals surface area contributed by atoms with E-state index in [-0.39, 0.29) is 17.9 Å². The third kappa shape index (κ3) is 4.19. The first-order chi connectivity index (χ1) is 11.2. The second kappa shape index (κ2) is 7.73. The average molecular weight is 318 g/mol. The van der Waals surface area contributed by atoms with Gasteiger partial charge in [-0.2, -0.15) is 5.10 Å². The van der Waals surface area contributed by atoms with E-state index in [4.69, 9.17) is 0 Å². The van der Waals surface area contributed by atoms with Crippen molar-refractivity contribution >= 4 is 5.91 Å². The van der Waals surface area contributed by atoms with Crippen LogP contribution in [-0.4, -0.2) is 35.7 Å². The first kappa shape index (κ1) is 16.2. The highest BCUT2D eigenvalue weighted by atomic mass is 16.1. The van der Waals surface area contributed by atoms with Crippen LogP contribution in [0.2, 0.25) is 0 Å². The van der Waals surface area contributed by atoms with E-state index in [1.807, 2.05) is 0 Å². The van der Waals surface area contributed by atoms with Crippen molar-refractivity contribution in [1.82, 2.24) is 20.8 Å². The molecule has 6 heteroatoms. The maximum Gasteiger partial charge on any atom is 0.267 e. The van der Waals surface area contributed by atoms with Crippen LogP contribution in [0.4, 0.5) is 0 Å². The van der Waals surface area contributed by atoms with Gasteiger partial charge < -0.3 is 10.6 Å². The summed E-state index contributed by atoms with van der Waals surface area (Å²) in [4.78, 5) is 24.0. The largest absolute Gasteiger partial charge is 0.356 e. The topological polar surface area (TPSA) is 86.9 Å². The number of rotatable bonds is 5. The lowest BCUT2D eigenvalue weighted by Crippen LogP contribution is -2.34. The molecule has 1 aromatic heterocycles. The lowest BCUT2D eigenvalue weighted by Gasteiger charge is -2.22. The second-order valence-electron chi connectivity index (χ2n) is 6.69. The Kier molecular flexibility index (Phi) is 5.43. The number of nitrogens with zero attached hydrogens (tertiary/aromatic N) is 1. The molecule has 3 rings (SSSR count). The predicted molar refractivity (Wildman–Crippen MR) is 88.4 cm³/mol. The predicted octanol–water partition coefficient (Wildman–Crippen LogP) is 0.697. The van der Waals surface area contributed by atoms with Crippen LogP contribution in [0.1, 0.15) is 48.9 Å². The molecule has 1 unspecified atom stereocenters. The Bertz CT molecular complexity index is 605. The summed E-state index contributed by atoms with van der Waals surface area (Å²) >= 11 is 0. The molecule has 2 heterocycles. The van der Waals surface area contributed by atoms with Crippen LogP contribution in [0, 0.1) is 5.92 Å². The minimum atomic E-state index is -0.0892. The minimum Gasteiger partial charge on any atom is -0.356 e. The van der Waals surface area contributed by atoms with Crippen LogP contribution < -0.4 is 16.2 Å². The smallest absolute Gasteiger partial charge is 0.267 e. The molecule has 1 amide bonds. The molecule has 6 nitrogen and oxygen atoms in total. The molecule has 0 bridgehead atoms. The van der Waals surface area contributed by atoms with E-state index in [0.29, 0.717) is 5.92 Å². The number of amides is 1. The van der Waals surface area contributed by atoms with E-state index >= 15 is 0 Å². The number of H-pyrrole nitrogens is 1. The summed E-state index contributed by atoms with van der Waals surface area (Å²) in [5.41, 5.74) is 2.50. The van der Waals surface area contributed by atoms with Crippen molar-refractivity contribution in [2.24, 2.45) is 5.92 Å². The number of aromatic amines is 1. The summed E-state index contributed by atoms with van der Waals surface area (Å²) in [6, 6.07) is 0. The SMILES string of the molecule is O=C(Cc1n[nH]c(=O)c2c1CCCC2)NCCC1CCCNC1. The van der Waals surface area contributed by atoms with Gasteiger partial charge in [0, 0.05) is 12.1 Å². The first-order valence-electron chi connectivity index (χ1n) is 8.81. The number of aromatic nitrogens is 2. The van der Waals surface area contributed by atoms with E-state index in [1.54, 1.807) is 0 Å². The Morgan fingerprint density at radius 1 is 1.22 bits per heavy atom. The molecule has 1 aliphatic carbocycles. The molecule has 0 aromatic carbocycles. The second-order valence-corrected chi connectivity index (χ2v) is 6.69. The summed E-state index contributed by atoms with van der Waals surface area (Å²) in [6.45, 7) is 2.90. The maximum atomic E-state index is 12.2. The van der Waals surface area contributed by atoms with Gasteiger partial charge in [-0.25, -0.2) is 5.10 Å². The molecule has 1 fully saturated rings. The summed E-state index contributed by atoms with van der Waals surface area (Å²) in [7, 11) is 0. The third-order valence-corrected chi connectivity index (χ3v) is 4.98. The molecular formula is C17H26N4O2. The van der Waals surface area contributed by atoms with Gasteiger partial charge in [0.1, 0.15) is 0 Å². The summed E-state index contributed by atoms with van der Waals surface area (Å²) < 4.78 is 0. The highest BCUT2D eigenvalue weighted by Gasteiger charge is 2.19. The van der Waals surface area contributed by atoms with Crippen molar-refractivity contribution in [1.29, 1.82) is 0 Å². The van der Waals surface area contributed by atoms with Crippen LogP contribution in [0.5, 0.6) is 0 Å². The molecular weight excluding hydrogens is 292 g/mol. The van der Waals surface area contributed by atoms with Crippen LogP contribution in [0.25, 0.3) is 0 Å². The zero-order valence-electron chi connectivity index (χ0n) is 13.6. The highest BCUT2D eigenvalue weighted by molar-refractivity contribution is 5.78. The summed E-state index contributed by atoms with van der Waals surface area (Å²) in [5.74, 6) is 0.670. The van der Waals surface area contributed by atoms with Crippen molar-refractivity contribution in [3.05, 3.63) is 27.2 Å². The molecule has 1 aromatic rings. The van der Waals surface area contributed by atoms with E-state index in [9.17, 15) is 9.59 Å². The van der Waals surface area contributed by atoms with Crippen molar-refractivity contribution in [3.63, 3.8) is 0 Å². The molecule has 1 atom stereocenters. The lowest BCUT2D eigenvalue weighted by molar-refractivity contribution is -0.120. The van der Waals surface area contributed by atoms with Gasteiger partial charge in [0.05, 0.1) is 12.1 Å². The molecule has 126 valence electrons. The fraction of sp³-hybridized carbons (Fsp3) is 0.706. The van der Waals surface area contributed by atoms with Crippen LogP contribution >= 0.6 is 0 Å². The van der Waals surface area contributed by atoms with Gasteiger partial charge >= 0.3 is 0 Å². The third-order valence-electron chi connectivity index (χ3n) is 4.98. The number of fused-ring (bicyclic) bond motifs is 1. The number of hydrogen-bond acceptors (Lipinski definition) is 4. The van der Waals surface area contributed by atoms with Gasteiger partial charge in [-0.15, -0.1) is 0 Å². The molecule has 0 radical (unpaired) electrons. The molecule has 1 aliphatic heterocycles. The summed E-state index contributed by atoms with van der Waals surface area (Å²) in [6.07, 6.45) is 7.55. The first-order valence-corrected chi connectivity index (χ1v) is 8.81. The van der Waals surface area contributed by atoms with E-state index in [2.05, 4.69) is 20.8 Å². The number of carbonyl (C=O) groups excluding carboxylic acids is 1. The van der Waals surface area contributed by atoms with Crippen LogP contribution in [0.3, 0.4) is 0 Å². The standard InChI is InChI=1S/C17H26N4O2/c22-16(19-9-7-12-4-3-8-18-11-12)10-15-13-5-1-2-6-14(13)17(23)21-20-15/h12,18H,1-11H2,(H,19,22)(H,21,23). The van der Waals surface area contributed by atoms with Gasteiger partial charge in [-0.05, 0) is 69.5 Å². The van der Waals surface area contributed by atoms with Gasteiger partial charge in [0.25, 0.3) is 5.56 Å². The van der Waals surface area contributed by atoms with Gasteiger partial charge in [0.15, 0.2) is 0 Å². The number of nitrogens with one attached hydrogen (secondary N) is 3. The zero-order valence-corrected chi connectivity index (χ0v) is 13.6. The molecule has 23 heavy (non-hydrogen) atoms. The Morgan fingerprint density at radius 3 is 2.83 bits per heavy atom. The average Bonchev–Trinajstić information content (AvgIpc) is 2.59. The highest BCUT2D eigenvalue weighted by Crippen LogP contribution is 2.20. The van der Waals surface area contributed by atoms with Crippen molar-refractivity contribution in [3.8, 4) is 0 Å². The fourth-order valence-electron chi connectivity index (χ4n) is 3.67. The van der Waals surface area contributed by atoms with Crippen LogP contribution in [-0.2, 0) is 24.1 Å². The van der Waals surface area contributed by atoms with Gasteiger partial charge in [-0.3, -0.25) is 9.59 Å². The minimum absolute atomic E-state index is 0.00101. The van der Waals surface area contributed by atoms with Crippen LogP contribution in [0.15, 0.2) is 4.79 Å². The van der Waals surface area contributed by atoms with E-state index in [1.165, 1.54) is 12.8 Å².